The lowest BCUT2D eigenvalue weighted by molar-refractivity contribution is -0.158. The summed E-state index contributed by atoms with van der Waals surface area (Å²) in [7, 11) is 2.51. The Labute approximate surface area is 273 Å². The Hall–Kier alpha value is -3.91. The van der Waals surface area contributed by atoms with E-state index in [9.17, 15) is 14.4 Å². The van der Waals surface area contributed by atoms with Crippen molar-refractivity contribution in [3.8, 4) is 0 Å². The first kappa shape index (κ1) is 32.5. The molecule has 2 aliphatic rings. The van der Waals surface area contributed by atoms with Gasteiger partial charge in [-0.15, -0.1) is 0 Å². The van der Waals surface area contributed by atoms with Crippen LogP contribution in [0.2, 0.25) is 0 Å². The van der Waals surface area contributed by atoms with E-state index in [0.29, 0.717) is 23.6 Å². The highest BCUT2D eigenvalue weighted by atomic mass is 79.9. The molecule has 0 unspecified atom stereocenters. The molecule has 8 heteroatoms. The first-order valence-corrected chi connectivity index (χ1v) is 16.1. The van der Waals surface area contributed by atoms with Gasteiger partial charge in [0.25, 0.3) is 0 Å². The number of hydrogen-bond acceptors (Lipinski definition) is 7. The summed E-state index contributed by atoms with van der Waals surface area (Å²) in [5, 5.41) is 0. The molecule has 0 saturated heterocycles. The van der Waals surface area contributed by atoms with Crippen molar-refractivity contribution in [1.29, 1.82) is 0 Å². The second-order valence-corrected chi connectivity index (χ2v) is 13.4. The van der Waals surface area contributed by atoms with Gasteiger partial charge >= 0.3 is 17.9 Å². The summed E-state index contributed by atoms with van der Waals surface area (Å²) in [6, 6.07) is 24.9. The van der Waals surface area contributed by atoms with Crippen LogP contribution >= 0.6 is 15.9 Å². The fourth-order valence-corrected chi connectivity index (χ4v) is 7.33. The normalized spacial score (nSPS) is 23.4. The summed E-state index contributed by atoms with van der Waals surface area (Å²) in [4.78, 5) is 43.6. The molecule has 0 N–H and O–H groups in total. The summed E-state index contributed by atoms with van der Waals surface area (Å²) in [5.74, 6) is -1.70. The average molecular weight is 675 g/mol. The average Bonchev–Trinajstić information content (AvgIpc) is 3.41. The van der Waals surface area contributed by atoms with Gasteiger partial charge in [-0.05, 0) is 59.6 Å². The van der Waals surface area contributed by atoms with Crippen LogP contribution in [0.5, 0.6) is 0 Å². The van der Waals surface area contributed by atoms with E-state index in [1.807, 2.05) is 72.8 Å². The maximum atomic E-state index is 14.7. The number of halogens is 1. The molecule has 236 valence electrons. The smallest absolute Gasteiger partial charge is 0.337 e. The molecule has 7 nitrogen and oxygen atoms in total. The Kier molecular flexibility index (Phi) is 9.82. The highest BCUT2D eigenvalue weighted by molar-refractivity contribution is 9.10. The van der Waals surface area contributed by atoms with E-state index >= 15 is 0 Å². The van der Waals surface area contributed by atoms with Gasteiger partial charge in [-0.25, -0.2) is 14.4 Å². The Bertz CT molecular complexity index is 1550. The van der Waals surface area contributed by atoms with Crippen LogP contribution < -0.4 is 4.90 Å². The summed E-state index contributed by atoms with van der Waals surface area (Å²) in [6.07, 6.45) is 2.21. The number of rotatable bonds is 8. The molecule has 0 amide bonds. The van der Waals surface area contributed by atoms with E-state index in [0.717, 1.165) is 17.3 Å². The molecule has 3 aromatic carbocycles. The van der Waals surface area contributed by atoms with Crippen molar-refractivity contribution in [3.05, 3.63) is 112 Å². The molecule has 1 saturated carbocycles. The zero-order valence-corrected chi connectivity index (χ0v) is 28.0. The van der Waals surface area contributed by atoms with Gasteiger partial charge in [-0.3, -0.25) is 0 Å². The van der Waals surface area contributed by atoms with Gasteiger partial charge in [0.15, 0.2) is 6.04 Å². The lowest BCUT2D eigenvalue weighted by Gasteiger charge is -2.44. The number of methoxy groups -OCH3 is 2. The van der Waals surface area contributed by atoms with Gasteiger partial charge in [-0.1, -0.05) is 104 Å². The summed E-state index contributed by atoms with van der Waals surface area (Å²) >= 11 is 3.50. The van der Waals surface area contributed by atoms with E-state index < -0.39 is 36.1 Å². The monoisotopic (exact) mass is 673 g/mol. The Morgan fingerprint density at radius 2 is 1.38 bits per heavy atom. The standard InChI is InChI=1S/C37H40BrNO6/c1-23-16-21-28(37(2,3)25-14-10-7-11-15-25)29(22-23)45-36(42)33-31(35(41)44-5)30(34(40)43-4)32(24-12-8-6-9-13-24)39(33)27-19-17-26(38)18-20-27/h6-15,17-20,23,28-29,32-33H,16,21-22H2,1-5H3/t23-,28-,29-,32+,33-/m1/s1. The third-order valence-corrected chi connectivity index (χ3v) is 9.96. The summed E-state index contributed by atoms with van der Waals surface area (Å²) in [6.45, 7) is 6.58. The molecule has 45 heavy (non-hydrogen) atoms. The molecule has 0 radical (unpaired) electrons. The first-order valence-electron chi connectivity index (χ1n) is 15.3. The van der Waals surface area contributed by atoms with E-state index in [4.69, 9.17) is 14.2 Å². The lowest BCUT2D eigenvalue weighted by Crippen LogP contribution is -2.48. The minimum absolute atomic E-state index is 0.0399. The molecular formula is C37H40BrNO6. The zero-order chi connectivity index (χ0) is 32.3. The van der Waals surface area contributed by atoms with E-state index in [2.05, 4.69) is 48.8 Å². The van der Waals surface area contributed by atoms with Crippen LogP contribution in [0, 0.1) is 11.8 Å². The van der Waals surface area contributed by atoms with Gasteiger partial charge in [0.2, 0.25) is 0 Å². The van der Waals surface area contributed by atoms with Crippen molar-refractivity contribution in [2.75, 3.05) is 19.1 Å². The van der Waals surface area contributed by atoms with Crippen molar-refractivity contribution in [2.24, 2.45) is 11.8 Å². The largest absolute Gasteiger partial charge is 0.466 e. The van der Waals surface area contributed by atoms with Crippen LogP contribution in [0.4, 0.5) is 5.69 Å². The van der Waals surface area contributed by atoms with Crippen LogP contribution in [0.15, 0.2) is 101 Å². The van der Waals surface area contributed by atoms with Crippen molar-refractivity contribution in [1.82, 2.24) is 0 Å². The first-order chi connectivity index (χ1) is 21.6. The molecule has 1 aliphatic heterocycles. The Balaban J connectivity index is 1.64. The number of carbonyl (C=O) groups excluding carboxylic acids is 3. The number of anilines is 1. The lowest BCUT2D eigenvalue weighted by atomic mass is 9.64. The van der Waals surface area contributed by atoms with Gasteiger partial charge in [0.05, 0.1) is 31.4 Å². The van der Waals surface area contributed by atoms with Gasteiger partial charge < -0.3 is 19.1 Å². The molecule has 1 fully saturated rings. The predicted molar refractivity (Wildman–Crippen MR) is 177 cm³/mol. The predicted octanol–water partition coefficient (Wildman–Crippen LogP) is 7.35. The molecular weight excluding hydrogens is 634 g/mol. The SMILES string of the molecule is COC(=O)C1=C(C(=O)OC)[C@H](c2ccccc2)N(c2ccc(Br)cc2)[C@H]1C(=O)O[C@@H]1C[C@H](C)CC[C@H]1C(C)(C)c1ccccc1. The molecule has 5 atom stereocenters. The third-order valence-electron chi connectivity index (χ3n) is 9.43. The quantitative estimate of drug-likeness (QED) is 0.183. The number of esters is 3. The maximum Gasteiger partial charge on any atom is 0.337 e. The van der Waals surface area contributed by atoms with Crippen LogP contribution in [0.25, 0.3) is 0 Å². The topological polar surface area (TPSA) is 82.1 Å². The molecule has 1 aliphatic carbocycles. The van der Waals surface area contributed by atoms with Crippen LogP contribution in [-0.4, -0.2) is 44.3 Å². The zero-order valence-electron chi connectivity index (χ0n) is 26.4. The molecule has 0 aromatic heterocycles. The number of carbonyl (C=O) groups is 3. The second kappa shape index (κ2) is 13.6. The minimum Gasteiger partial charge on any atom is -0.466 e. The Morgan fingerprint density at radius 1 is 0.800 bits per heavy atom. The van der Waals surface area contributed by atoms with E-state index in [-0.39, 0.29) is 22.5 Å². The van der Waals surface area contributed by atoms with Gasteiger partial charge in [0, 0.05) is 16.1 Å². The molecule has 3 aromatic rings. The molecule has 0 spiro atoms. The maximum absolute atomic E-state index is 14.7. The highest BCUT2D eigenvalue weighted by Gasteiger charge is 2.53. The van der Waals surface area contributed by atoms with Crippen molar-refractivity contribution in [3.63, 3.8) is 0 Å². The van der Waals surface area contributed by atoms with Crippen LogP contribution in [-0.2, 0) is 34.0 Å². The number of ether oxygens (including phenoxy) is 3. The highest BCUT2D eigenvalue weighted by Crippen LogP contribution is 2.47. The van der Waals surface area contributed by atoms with Gasteiger partial charge in [-0.2, -0.15) is 0 Å². The van der Waals surface area contributed by atoms with Crippen LogP contribution in [0.3, 0.4) is 0 Å². The number of hydrogen-bond donors (Lipinski definition) is 0. The van der Waals surface area contributed by atoms with Crippen molar-refractivity contribution < 1.29 is 28.6 Å². The Morgan fingerprint density at radius 3 is 1.98 bits per heavy atom. The van der Waals surface area contributed by atoms with Crippen LogP contribution in [0.1, 0.15) is 57.2 Å². The molecule has 0 bridgehead atoms. The van der Waals surface area contributed by atoms with Crippen molar-refractivity contribution in [2.45, 2.75) is 63.6 Å². The minimum atomic E-state index is -1.25. The number of nitrogens with zero attached hydrogens (tertiary/aromatic N) is 1. The van der Waals surface area contributed by atoms with E-state index in [1.54, 1.807) is 4.90 Å². The van der Waals surface area contributed by atoms with Crippen molar-refractivity contribution >= 4 is 39.5 Å². The number of benzene rings is 3. The molecule has 1 heterocycles. The van der Waals surface area contributed by atoms with Gasteiger partial charge in [0.1, 0.15) is 6.10 Å². The third kappa shape index (κ3) is 6.43. The molecule has 5 rings (SSSR count). The van der Waals surface area contributed by atoms with E-state index in [1.165, 1.54) is 19.8 Å². The fraction of sp³-hybridized carbons (Fsp3) is 0.378. The fourth-order valence-electron chi connectivity index (χ4n) is 7.07. The second-order valence-electron chi connectivity index (χ2n) is 12.5. The summed E-state index contributed by atoms with van der Waals surface area (Å²) in [5.41, 5.74) is 2.22. The summed E-state index contributed by atoms with van der Waals surface area (Å²) < 4.78 is 17.8.